The van der Waals surface area contributed by atoms with Crippen LogP contribution in [0.15, 0.2) is 12.7 Å². The van der Waals surface area contributed by atoms with Gasteiger partial charge >= 0.3 is 0 Å². The molecule has 0 heterocycles. The van der Waals surface area contributed by atoms with E-state index in [0.29, 0.717) is 4.75 Å². The highest BCUT2D eigenvalue weighted by molar-refractivity contribution is 8.00. The molecule has 1 aliphatic carbocycles. The van der Waals surface area contributed by atoms with Gasteiger partial charge in [-0.05, 0) is 19.1 Å². The van der Waals surface area contributed by atoms with Crippen LogP contribution < -0.4 is 5.32 Å². The maximum atomic E-state index is 3.70. The largest absolute Gasteiger partial charge is 0.312 e. The van der Waals surface area contributed by atoms with Gasteiger partial charge in [0.2, 0.25) is 0 Å². The van der Waals surface area contributed by atoms with E-state index in [0.717, 1.165) is 13.1 Å². The SMILES string of the molecule is C=CCNCC1(SC)CCCC1. The average molecular weight is 185 g/mol. The molecule has 0 atom stereocenters. The van der Waals surface area contributed by atoms with Crippen molar-refractivity contribution in [1.82, 2.24) is 5.32 Å². The molecule has 1 fully saturated rings. The fraction of sp³-hybridized carbons (Fsp3) is 0.800. The molecule has 1 N–H and O–H groups in total. The molecular formula is C10H19NS. The second-order valence-electron chi connectivity index (χ2n) is 3.51. The molecule has 2 heteroatoms. The summed E-state index contributed by atoms with van der Waals surface area (Å²) in [6.45, 7) is 5.80. The van der Waals surface area contributed by atoms with Crippen molar-refractivity contribution in [1.29, 1.82) is 0 Å². The summed E-state index contributed by atoms with van der Waals surface area (Å²) in [5, 5.41) is 3.43. The van der Waals surface area contributed by atoms with Crippen molar-refractivity contribution in [2.24, 2.45) is 0 Å². The molecule has 0 aromatic rings. The molecule has 1 rings (SSSR count). The van der Waals surface area contributed by atoms with Gasteiger partial charge in [-0.25, -0.2) is 0 Å². The van der Waals surface area contributed by atoms with Crippen LogP contribution in [-0.4, -0.2) is 24.1 Å². The normalized spacial score (nSPS) is 21.1. The molecule has 0 saturated heterocycles. The predicted molar refractivity (Wildman–Crippen MR) is 57.8 cm³/mol. The highest BCUT2D eigenvalue weighted by Gasteiger charge is 2.31. The van der Waals surface area contributed by atoms with Crippen LogP contribution in [0.1, 0.15) is 25.7 Å². The molecule has 12 heavy (non-hydrogen) atoms. The Morgan fingerprint density at radius 1 is 1.50 bits per heavy atom. The standard InChI is InChI=1S/C10H19NS/c1-3-8-11-9-10(12-2)6-4-5-7-10/h3,11H,1,4-9H2,2H3. The third kappa shape index (κ3) is 2.53. The van der Waals surface area contributed by atoms with Crippen molar-refractivity contribution in [2.45, 2.75) is 30.4 Å². The zero-order chi connectivity index (χ0) is 8.86. The monoisotopic (exact) mass is 185 g/mol. The van der Waals surface area contributed by atoms with Gasteiger partial charge in [0.1, 0.15) is 0 Å². The Morgan fingerprint density at radius 2 is 2.17 bits per heavy atom. The highest BCUT2D eigenvalue weighted by atomic mass is 32.2. The van der Waals surface area contributed by atoms with Gasteiger partial charge in [-0.15, -0.1) is 6.58 Å². The minimum atomic E-state index is 0.545. The first-order chi connectivity index (χ1) is 5.83. The van der Waals surface area contributed by atoms with E-state index in [1.54, 1.807) is 0 Å². The molecule has 1 nitrogen and oxygen atoms in total. The van der Waals surface area contributed by atoms with Gasteiger partial charge < -0.3 is 5.32 Å². The molecule has 0 aromatic carbocycles. The van der Waals surface area contributed by atoms with Crippen LogP contribution in [0.25, 0.3) is 0 Å². The summed E-state index contributed by atoms with van der Waals surface area (Å²) in [5.74, 6) is 0. The van der Waals surface area contributed by atoms with Crippen LogP contribution in [0.4, 0.5) is 0 Å². The van der Waals surface area contributed by atoms with Gasteiger partial charge in [0.15, 0.2) is 0 Å². The topological polar surface area (TPSA) is 12.0 Å². The lowest BCUT2D eigenvalue weighted by Crippen LogP contribution is -2.35. The summed E-state index contributed by atoms with van der Waals surface area (Å²) < 4.78 is 0.545. The van der Waals surface area contributed by atoms with Crippen molar-refractivity contribution < 1.29 is 0 Å². The molecule has 0 bridgehead atoms. The number of nitrogens with one attached hydrogen (secondary N) is 1. The Morgan fingerprint density at radius 3 is 2.67 bits per heavy atom. The van der Waals surface area contributed by atoms with E-state index in [1.807, 2.05) is 17.8 Å². The van der Waals surface area contributed by atoms with Gasteiger partial charge in [-0.3, -0.25) is 0 Å². The zero-order valence-corrected chi connectivity index (χ0v) is 8.75. The lowest BCUT2D eigenvalue weighted by molar-refractivity contribution is 0.554. The number of rotatable bonds is 5. The molecule has 0 radical (unpaired) electrons. The van der Waals surface area contributed by atoms with E-state index in [2.05, 4.69) is 18.2 Å². The lowest BCUT2D eigenvalue weighted by Gasteiger charge is -2.26. The second kappa shape index (κ2) is 4.93. The Balaban J connectivity index is 2.28. The minimum Gasteiger partial charge on any atom is -0.312 e. The third-order valence-electron chi connectivity index (χ3n) is 2.68. The van der Waals surface area contributed by atoms with Gasteiger partial charge in [0, 0.05) is 17.8 Å². The Kier molecular flexibility index (Phi) is 4.16. The predicted octanol–water partition coefficient (Wildman–Crippen LogP) is 2.44. The molecular weight excluding hydrogens is 166 g/mol. The van der Waals surface area contributed by atoms with Crippen molar-refractivity contribution in [3.8, 4) is 0 Å². The maximum absolute atomic E-state index is 3.70. The third-order valence-corrected chi connectivity index (χ3v) is 4.10. The molecule has 1 aliphatic rings. The minimum absolute atomic E-state index is 0.545. The average Bonchev–Trinajstić information content (AvgIpc) is 2.55. The lowest BCUT2D eigenvalue weighted by atomic mass is 10.1. The summed E-state index contributed by atoms with van der Waals surface area (Å²) in [7, 11) is 0. The molecule has 1 saturated carbocycles. The summed E-state index contributed by atoms with van der Waals surface area (Å²) in [6, 6.07) is 0. The van der Waals surface area contributed by atoms with E-state index >= 15 is 0 Å². The Labute approximate surface area is 80.0 Å². The van der Waals surface area contributed by atoms with E-state index in [4.69, 9.17) is 0 Å². The van der Waals surface area contributed by atoms with E-state index in [9.17, 15) is 0 Å². The first-order valence-electron chi connectivity index (χ1n) is 4.70. The Hall–Kier alpha value is 0.0500. The fourth-order valence-electron chi connectivity index (χ4n) is 1.87. The quantitative estimate of drug-likeness (QED) is 0.521. The van der Waals surface area contributed by atoms with Crippen molar-refractivity contribution in [2.75, 3.05) is 19.3 Å². The van der Waals surface area contributed by atoms with Crippen LogP contribution in [0.2, 0.25) is 0 Å². The molecule has 0 unspecified atom stereocenters. The van der Waals surface area contributed by atoms with Crippen LogP contribution in [0, 0.1) is 0 Å². The maximum Gasteiger partial charge on any atom is 0.0281 e. The van der Waals surface area contributed by atoms with Crippen molar-refractivity contribution >= 4 is 11.8 Å². The number of hydrogen-bond donors (Lipinski definition) is 1. The fourth-order valence-corrected chi connectivity index (χ4v) is 2.82. The van der Waals surface area contributed by atoms with E-state index in [1.165, 1.54) is 25.7 Å². The van der Waals surface area contributed by atoms with Gasteiger partial charge in [-0.1, -0.05) is 18.9 Å². The molecule has 0 aliphatic heterocycles. The summed E-state index contributed by atoms with van der Waals surface area (Å²) in [4.78, 5) is 0. The molecule has 0 spiro atoms. The summed E-state index contributed by atoms with van der Waals surface area (Å²) in [6.07, 6.45) is 9.77. The summed E-state index contributed by atoms with van der Waals surface area (Å²) in [5.41, 5.74) is 0. The first kappa shape index (κ1) is 10.1. The smallest absolute Gasteiger partial charge is 0.0281 e. The molecule has 0 aromatic heterocycles. The van der Waals surface area contributed by atoms with E-state index < -0.39 is 0 Å². The highest BCUT2D eigenvalue weighted by Crippen LogP contribution is 2.39. The Bertz CT molecular complexity index is 139. The number of thioether (sulfide) groups is 1. The zero-order valence-electron chi connectivity index (χ0n) is 7.94. The van der Waals surface area contributed by atoms with Gasteiger partial charge in [-0.2, -0.15) is 11.8 Å². The first-order valence-corrected chi connectivity index (χ1v) is 5.92. The number of hydrogen-bond acceptors (Lipinski definition) is 2. The van der Waals surface area contributed by atoms with Crippen molar-refractivity contribution in [3.05, 3.63) is 12.7 Å². The van der Waals surface area contributed by atoms with E-state index in [-0.39, 0.29) is 0 Å². The summed E-state index contributed by atoms with van der Waals surface area (Å²) >= 11 is 2.03. The van der Waals surface area contributed by atoms with Crippen LogP contribution in [0.3, 0.4) is 0 Å². The van der Waals surface area contributed by atoms with Gasteiger partial charge in [0.25, 0.3) is 0 Å². The molecule has 0 amide bonds. The van der Waals surface area contributed by atoms with Crippen molar-refractivity contribution in [3.63, 3.8) is 0 Å². The van der Waals surface area contributed by atoms with Gasteiger partial charge in [0.05, 0.1) is 0 Å². The second-order valence-corrected chi connectivity index (χ2v) is 4.79. The van der Waals surface area contributed by atoms with Crippen LogP contribution in [-0.2, 0) is 0 Å². The van der Waals surface area contributed by atoms with Crippen LogP contribution in [0.5, 0.6) is 0 Å². The molecule has 70 valence electrons. The van der Waals surface area contributed by atoms with Crippen LogP contribution >= 0.6 is 11.8 Å².